The van der Waals surface area contributed by atoms with Gasteiger partial charge in [-0.15, -0.1) is 54.1 Å². The van der Waals surface area contributed by atoms with Crippen LogP contribution in [0.2, 0.25) is 0 Å². The minimum Gasteiger partial charge on any atom is -0.500 e. The number of nitrogens with zero attached hydrogens (tertiary/aromatic N) is 3. The quantitative estimate of drug-likeness (QED) is 0.123. The smallest absolute Gasteiger partial charge is 0.128 e. The van der Waals surface area contributed by atoms with Crippen molar-refractivity contribution < 1.29 is 24.5 Å². The van der Waals surface area contributed by atoms with Gasteiger partial charge in [0.05, 0.1) is 22.4 Å². The van der Waals surface area contributed by atoms with Crippen molar-refractivity contribution in [3.63, 3.8) is 0 Å². The van der Waals surface area contributed by atoms with Gasteiger partial charge in [-0.3, -0.25) is 4.98 Å². The standard InChI is InChI=1S/C45H35N2O.C15H16N.Ir/c1-27(2)38-25-31(29-13-6-5-7-14-29)26-39(28(3)4)42(38)47-41-20-11-10-19-40(41)46-45(47)37-18-12-17-34-36-24-23-33-32-16-9-8-15-30(32)21-22-35(33)43(36)48-44(34)37;1-15(2,3)13-9-10-14(16-11-13)12-7-5-4-6-8-12;/h5-17,19-28H,1-4H3;4-7,9-11H,1-3H3;/q2*-1;. The number of para-hydroxylation sites is 2. The molecule has 0 aliphatic rings. The molecule has 0 N–H and O–H groups in total. The zero-order valence-corrected chi connectivity index (χ0v) is 40.3. The average molecular weight is 1020 g/mol. The topological polar surface area (TPSA) is 43.9 Å². The number of furan rings is 1. The van der Waals surface area contributed by atoms with Crippen molar-refractivity contribution in [3.05, 3.63) is 199 Å². The second-order valence-electron chi connectivity index (χ2n) is 18.4. The number of fused-ring (bicyclic) bond motifs is 8. The molecule has 5 heteroatoms. The van der Waals surface area contributed by atoms with Crippen LogP contribution in [0.3, 0.4) is 0 Å². The zero-order valence-electron chi connectivity index (χ0n) is 37.9. The molecule has 11 rings (SSSR count). The second kappa shape index (κ2) is 17.7. The molecule has 8 aromatic carbocycles. The number of imidazole rings is 1. The number of rotatable bonds is 6. The molecular formula is C60H51IrN3O-2. The maximum Gasteiger partial charge on any atom is 0.128 e. The summed E-state index contributed by atoms with van der Waals surface area (Å²) in [5.74, 6) is 1.40. The van der Waals surface area contributed by atoms with Crippen LogP contribution < -0.4 is 0 Å². The monoisotopic (exact) mass is 1020 g/mol. The van der Waals surface area contributed by atoms with Gasteiger partial charge in [0.15, 0.2) is 0 Å². The summed E-state index contributed by atoms with van der Waals surface area (Å²) < 4.78 is 9.31. The molecule has 0 unspecified atom stereocenters. The first-order valence-corrected chi connectivity index (χ1v) is 22.4. The predicted octanol–water partition coefficient (Wildman–Crippen LogP) is 16.5. The third kappa shape index (κ3) is 8.09. The van der Waals surface area contributed by atoms with Crippen LogP contribution in [0, 0.1) is 12.1 Å². The molecule has 0 spiro atoms. The van der Waals surface area contributed by atoms with E-state index in [2.05, 4.69) is 204 Å². The molecule has 323 valence electrons. The number of benzene rings is 8. The van der Waals surface area contributed by atoms with E-state index in [1.807, 2.05) is 36.5 Å². The molecule has 3 heterocycles. The first-order valence-electron chi connectivity index (χ1n) is 22.4. The normalized spacial score (nSPS) is 11.8. The molecule has 1 radical (unpaired) electrons. The third-order valence-corrected chi connectivity index (χ3v) is 12.5. The predicted molar refractivity (Wildman–Crippen MR) is 268 cm³/mol. The van der Waals surface area contributed by atoms with Gasteiger partial charge in [-0.25, -0.2) is 0 Å². The molecule has 0 aliphatic heterocycles. The molecule has 65 heavy (non-hydrogen) atoms. The number of hydrogen-bond acceptors (Lipinski definition) is 3. The molecule has 0 bridgehead atoms. The Balaban J connectivity index is 0.000000266. The van der Waals surface area contributed by atoms with Gasteiger partial charge in [0, 0.05) is 42.8 Å². The molecule has 0 atom stereocenters. The van der Waals surface area contributed by atoms with Crippen LogP contribution in [0.25, 0.3) is 94.0 Å². The van der Waals surface area contributed by atoms with Crippen molar-refractivity contribution in [1.29, 1.82) is 0 Å². The van der Waals surface area contributed by atoms with Gasteiger partial charge < -0.3 is 14.0 Å². The van der Waals surface area contributed by atoms with E-state index >= 15 is 0 Å². The Kier molecular flexibility index (Phi) is 11.9. The van der Waals surface area contributed by atoms with Gasteiger partial charge in [0.25, 0.3) is 0 Å². The molecule has 4 nitrogen and oxygen atoms in total. The Bertz CT molecular complexity index is 3440. The van der Waals surface area contributed by atoms with Crippen molar-refractivity contribution in [2.45, 2.75) is 65.7 Å². The van der Waals surface area contributed by atoms with Gasteiger partial charge >= 0.3 is 0 Å². The summed E-state index contributed by atoms with van der Waals surface area (Å²) in [7, 11) is 0. The van der Waals surface area contributed by atoms with Gasteiger partial charge in [-0.05, 0) is 91.2 Å². The summed E-state index contributed by atoms with van der Waals surface area (Å²) in [5.41, 5.74) is 14.3. The Morgan fingerprint density at radius 1 is 0.569 bits per heavy atom. The van der Waals surface area contributed by atoms with E-state index in [0.29, 0.717) is 0 Å². The van der Waals surface area contributed by atoms with E-state index in [9.17, 15) is 0 Å². The summed E-state index contributed by atoms with van der Waals surface area (Å²) in [6.07, 6.45) is 1.95. The largest absolute Gasteiger partial charge is 0.500 e. The van der Waals surface area contributed by atoms with E-state index in [0.717, 1.165) is 61.0 Å². The van der Waals surface area contributed by atoms with Crippen LogP contribution in [0.5, 0.6) is 0 Å². The fourth-order valence-electron chi connectivity index (χ4n) is 9.04. The van der Waals surface area contributed by atoms with Crippen LogP contribution in [-0.4, -0.2) is 14.5 Å². The SMILES string of the molecule is CC(C)(C)c1ccc(-c2[c-]cccc2)nc1.CC(C)c1cc(-c2ccccc2)cc(C(C)C)c1-n1c(-c2[c-]ccc3c2oc2c3ccc3c4ccccc4ccc32)nc2ccccc21.[Ir]. The van der Waals surface area contributed by atoms with Crippen molar-refractivity contribution in [3.8, 4) is 39.5 Å². The summed E-state index contributed by atoms with van der Waals surface area (Å²) in [6.45, 7) is 15.7. The molecule has 0 fully saturated rings. The van der Waals surface area contributed by atoms with E-state index in [4.69, 9.17) is 9.40 Å². The number of pyridine rings is 1. The molecule has 0 aliphatic carbocycles. The molecule has 0 saturated carbocycles. The van der Waals surface area contributed by atoms with Gasteiger partial charge in [-0.2, -0.15) is 0 Å². The van der Waals surface area contributed by atoms with Gasteiger partial charge in [-0.1, -0.05) is 163 Å². The van der Waals surface area contributed by atoms with Crippen LogP contribution >= 0.6 is 0 Å². The Morgan fingerprint density at radius 2 is 1.23 bits per heavy atom. The molecule has 11 aromatic rings. The van der Waals surface area contributed by atoms with Crippen LogP contribution in [-0.2, 0) is 25.5 Å². The fraction of sp³-hybridized carbons (Fsp3) is 0.167. The molecule has 0 saturated heterocycles. The minimum absolute atomic E-state index is 0. The number of aromatic nitrogens is 3. The van der Waals surface area contributed by atoms with Crippen molar-refractivity contribution in [2.75, 3.05) is 0 Å². The van der Waals surface area contributed by atoms with Crippen molar-refractivity contribution >= 4 is 54.5 Å². The second-order valence-corrected chi connectivity index (χ2v) is 18.4. The summed E-state index contributed by atoms with van der Waals surface area (Å²) >= 11 is 0. The van der Waals surface area contributed by atoms with E-state index < -0.39 is 0 Å². The zero-order chi connectivity index (χ0) is 44.1. The Labute approximate surface area is 395 Å². The van der Waals surface area contributed by atoms with E-state index in [-0.39, 0.29) is 37.4 Å². The van der Waals surface area contributed by atoms with E-state index in [1.165, 1.54) is 49.7 Å². The first-order chi connectivity index (χ1) is 31.0. The van der Waals surface area contributed by atoms with Crippen LogP contribution in [0.15, 0.2) is 174 Å². The maximum absolute atomic E-state index is 6.93. The summed E-state index contributed by atoms with van der Waals surface area (Å²) in [6, 6.07) is 64.3. The molecule has 3 aromatic heterocycles. The fourth-order valence-corrected chi connectivity index (χ4v) is 9.04. The Morgan fingerprint density at radius 3 is 1.94 bits per heavy atom. The van der Waals surface area contributed by atoms with Gasteiger partial charge in [0.1, 0.15) is 5.58 Å². The molecular weight excluding hydrogens is 971 g/mol. The van der Waals surface area contributed by atoms with Crippen molar-refractivity contribution in [2.24, 2.45) is 0 Å². The maximum atomic E-state index is 6.93. The summed E-state index contributed by atoms with van der Waals surface area (Å²) in [4.78, 5) is 9.82. The summed E-state index contributed by atoms with van der Waals surface area (Å²) in [5, 5.41) is 6.93. The van der Waals surface area contributed by atoms with Crippen LogP contribution in [0.1, 0.15) is 77.0 Å². The first kappa shape index (κ1) is 43.6. The van der Waals surface area contributed by atoms with E-state index in [1.54, 1.807) is 0 Å². The molecule has 0 amide bonds. The minimum atomic E-state index is 0. The third-order valence-electron chi connectivity index (χ3n) is 12.5. The number of hydrogen-bond donors (Lipinski definition) is 0. The van der Waals surface area contributed by atoms with Crippen molar-refractivity contribution in [1.82, 2.24) is 14.5 Å². The average Bonchev–Trinajstić information content (AvgIpc) is 3.91. The van der Waals surface area contributed by atoms with Gasteiger partial charge in [0.2, 0.25) is 0 Å². The Hall–Kier alpha value is -6.65. The van der Waals surface area contributed by atoms with Crippen LogP contribution in [0.4, 0.5) is 0 Å².